The fourth-order valence-electron chi connectivity index (χ4n) is 2.86. The van der Waals surface area contributed by atoms with Crippen molar-refractivity contribution in [2.75, 3.05) is 19.1 Å². The summed E-state index contributed by atoms with van der Waals surface area (Å²) >= 11 is 0. The molecule has 0 amide bonds. The van der Waals surface area contributed by atoms with Crippen LogP contribution in [0.15, 0.2) is 53.9 Å². The standard InChI is InChI=1S/C20H23NO4/c1-5-14-10-9-11-15(6-2)17(14)21-13-8-7-12-16(19(22)24-3)18(21)20(23)25-4/h7-13H,5-6H2,1-4H3. The highest BCUT2D eigenvalue weighted by Crippen LogP contribution is 2.33. The molecule has 1 heterocycles. The maximum absolute atomic E-state index is 12.5. The summed E-state index contributed by atoms with van der Waals surface area (Å²) in [4.78, 5) is 26.5. The number of nitrogens with zero attached hydrogens (tertiary/aromatic N) is 1. The van der Waals surface area contributed by atoms with Gasteiger partial charge in [-0.2, -0.15) is 0 Å². The van der Waals surface area contributed by atoms with Gasteiger partial charge in [0.2, 0.25) is 0 Å². The van der Waals surface area contributed by atoms with Gasteiger partial charge < -0.3 is 14.4 Å². The van der Waals surface area contributed by atoms with Gasteiger partial charge in [-0.3, -0.25) is 0 Å². The summed E-state index contributed by atoms with van der Waals surface area (Å²) in [6.07, 6.45) is 8.41. The van der Waals surface area contributed by atoms with Gasteiger partial charge in [0.15, 0.2) is 0 Å². The Balaban J connectivity index is 2.78. The van der Waals surface area contributed by atoms with Crippen molar-refractivity contribution in [1.82, 2.24) is 0 Å². The van der Waals surface area contributed by atoms with Crippen LogP contribution in [-0.2, 0) is 31.9 Å². The van der Waals surface area contributed by atoms with Gasteiger partial charge in [0.1, 0.15) is 5.70 Å². The van der Waals surface area contributed by atoms with Crippen molar-refractivity contribution in [3.05, 3.63) is 65.0 Å². The number of benzene rings is 1. The van der Waals surface area contributed by atoms with Crippen LogP contribution in [0.1, 0.15) is 25.0 Å². The number of para-hydroxylation sites is 1. The topological polar surface area (TPSA) is 55.8 Å². The number of methoxy groups -OCH3 is 2. The molecule has 0 fully saturated rings. The van der Waals surface area contributed by atoms with E-state index in [4.69, 9.17) is 9.47 Å². The molecule has 0 bridgehead atoms. The summed E-state index contributed by atoms with van der Waals surface area (Å²) in [7, 11) is 2.59. The summed E-state index contributed by atoms with van der Waals surface area (Å²) < 4.78 is 9.81. The van der Waals surface area contributed by atoms with Crippen molar-refractivity contribution < 1.29 is 19.1 Å². The second-order valence-electron chi connectivity index (χ2n) is 5.45. The van der Waals surface area contributed by atoms with Crippen LogP contribution < -0.4 is 4.90 Å². The van der Waals surface area contributed by atoms with Gasteiger partial charge in [-0.05, 0) is 36.1 Å². The zero-order chi connectivity index (χ0) is 18.4. The molecule has 0 N–H and O–H groups in total. The van der Waals surface area contributed by atoms with Crippen molar-refractivity contribution in [2.45, 2.75) is 26.7 Å². The number of carbonyl (C=O) groups excluding carboxylic acids is 2. The smallest absolute Gasteiger partial charge is 0.355 e. The summed E-state index contributed by atoms with van der Waals surface area (Å²) in [6, 6.07) is 6.05. The molecule has 25 heavy (non-hydrogen) atoms. The number of hydrogen-bond donors (Lipinski definition) is 0. The molecule has 1 aliphatic heterocycles. The maximum atomic E-state index is 12.5. The summed E-state index contributed by atoms with van der Waals surface area (Å²) in [5, 5.41) is 0. The first-order valence-electron chi connectivity index (χ1n) is 8.24. The fraction of sp³-hybridized carbons (Fsp3) is 0.300. The Morgan fingerprint density at radius 3 is 2.08 bits per heavy atom. The van der Waals surface area contributed by atoms with E-state index < -0.39 is 11.9 Å². The van der Waals surface area contributed by atoms with Crippen molar-refractivity contribution >= 4 is 17.6 Å². The van der Waals surface area contributed by atoms with Crippen LogP contribution in [0.25, 0.3) is 0 Å². The SMILES string of the molecule is CCc1cccc(CC)c1N1C=CC=CC(C(=O)OC)=C1C(=O)OC. The highest BCUT2D eigenvalue weighted by Gasteiger charge is 2.29. The minimum atomic E-state index is -0.593. The Labute approximate surface area is 148 Å². The molecule has 0 saturated carbocycles. The van der Waals surface area contributed by atoms with Crippen LogP contribution in [0.2, 0.25) is 0 Å². The molecule has 0 saturated heterocycles. The van der Waals surface area contributed by atoms with Gasteiger partial charge in [-0.1, -0.05) is 38.1 Å². The third kappa shape index (κ3) is 3.65. The van der Waals surface area contributed by atoms with Crippen LogP contribution in [-0.4, -0.2) is 26.2 Å². The number of allylic oxidation sites excluding steroid dienone is 2. The number of esters is 2. The van der Waals surface area contributed by atoms with E-state index in [0.717, 1.165) is 29.7 Å². The van der Waals surface area contributed by atoms with Gasteiger partial charge in [0.25, 0.3) is 0 Å². The average Bonchev–Trinajstić information content (AvgIpc) is 2.88. The van der Waals surface area contributed by atoms with Crippen LogP contribution in [0.3, 0.4) is 0 Å². The summed E-state index contributed by atoms with van der Waals surface area (Å²) in [6.45, 7) is 4.11. The quantitative estimate of drug-likeness (QED) is 0.769. The van der Waals surface area contributed by atoms with Gasteiger partial charge in [-0.15, -0.1) is 0 Å². The van der Waals surface area contributed by atoms with E-state index in [9.17, 15) is 9.59 Å². The first-order chi connectivity index (χ1) is 12.1. The van der Waals surface area contributed by atoms with Crippen LogP contribution in [0, 0.1) is 0 Å². The zero-order valence-electron chi connectivity index (χ0n) is 15.0. The lowest BCUT2D eigenvalue weighted by Gasteiger charge is -2.27. The Morgan fingerprint density at radius 1 is 0.960 bits per heavy atom. The van der Waals surface area contributed by atoms with Crippen molar-refractivity contribution in [3.63, 3.8) is 0 Å². The molecular weight excluding hydrogens is 318 g/mol. The largest absolute Gasteiger partial charge is 0.465 e. The minimum Gasteiger partial charge on any atom is -0.465 e. The maximum Gasteiger partial charge on any atom is 0.355 e. The number of carbonyl (C=O) groups is 2. The van der Waals surface area contributed by atoms with Crippen molar-refractivity contribution in [3.8, 4) is 0 Å². The number of aryl methyl sites for hydroxylation is 2. The summed E-state index contributed by atoms with van der Waals surface area (Å²) in [5.41, 5.74) is 3.37. The van der Waals surface area contributed by atoms with E-state index >= 15 is 0 Å². The first-order valence-corrected chi connectivity index (χ1v) is 8.24. The van der Waals surface area contributed by atoms with Crippen molar-refractivity contribution in [1.29, 1.82) is 0 Å². The lowest BCUT2D eigenvalue weighted by Crippen LogP contribution is -2.28. The second-order valence-corrected chi connectivity index (χ2v) is 5.45. The van der Waals surface area contributed by atoms with Gasteiger partial charge >= 0.3 is 11.9 Å². The van der Waals surface area contributed by atoms with Crippen LogP contribution in [0.4, 0.5) is 5.69 Å². The van der Waals surface area contributed by atoms with Crippen LogP contribution >= 0.6 is 0 Å². The Kier molecular flexibility index (Phi) is 6.17. The molecular formula is C20H23NO4. The second kappa shape index (κ2) is 8.33. The number of ether oxygens (including phenoxy) is 2. The summed E-state index contributed by atoms with van der Waals surface area (Å²) in [5.74, 6) is -1.18. The third-order valence-corrected chi connectivity index (χ3v) is 4.10. The third-order valence-electron chi connectivity index (χ3n) is 4.10. The molecule has 0 spiro atoms. The molecule has 1 aromatic rings. The van der Waals surface area contributed by atoms with E-state index in [2.05, 4.69) is 13.8 Å². The molecule has 1 aromatic carbocycles. The number of anilines is 1. The van der Waals surface area contributed by atoms with E-state index in [1.165, 1.54) is 14.2 Å². The molecule has 1 aliphatic rings. The predicted octanol–water partition coefficient (Wildman–Crippen LogP) is 3.30. The Hall–Kier alpha value is -2.82. The minimum absolute atomic E-state index is 0.148. The predicted molar refractivity (Wildman–Crippen MR) is 97.0 cm³/mol. The highest BCUT2D eigenvalue weighted by atomic mass is 16.5. The highest BCUT2D eigenvalue weighted by molar-refractivity contribution is 6.05. The lowest BCUT2D eigenvalue weighted by atomic mass is 10.0. The molecule has 2 rings (SSSR count). The zero-order valence-corrected chi connectivity index (χ0v) is 15.0. The van der Waals surface area contributed by atoms with Crippen LogP contribution in [0.5, 0.6) is 0 Å². The number of hydrogen-bond acceptors (Lipinski definition) is 5. The molecule has 0 atom stereocenters. The molecule has 0 radical (unpaired) electrons. The monoisotopic (exact) mass is 341 g/mol. The van der Waals surface area contributed by atoms with E-state index in [1.807, 2.05) is 18.2 Å². The molecule has 0 aliphatic carbocycles. The fourth-order valence-corrected chi connectivity index (χ4v) is 2.86. The van der Waals surface area contributed by atoms with E-state index in [1.54, 1.807) is 29.3 Å². The van der Waals surface area contributed by atoms with Gasteiger partial charge in [0.05, 0.1) is 25.5 Å². The number of rotatable bonds is 5. The lowest BCUT2D eigenvalue weighted by molar-refractivity contribution is -0.139. The van der Waals surface area contributed by atoms with Gasteiger partial charge in [0, 0.05) is 6.20 Å². The van der Waals surface area contributed by atoms with E-state index in [0.29, 0.717) is 0 Å². The molecule has 132 valence electrons. The Bertz CT molecular complexity index is 737. The van der Waals surface area contributed by atoms with E-state index in [-0.39, 0.29) is 11.3 Å². The van der Waals surface area contributed by atoms with Gasteiger partial charge in [-0.25, -0.2) is 9.59 Å². The molecule has 5 heteroatoms. The van der Waals surface area contributed by atoms with Crippen molar-refractivity contribution in [2.24, 2.45) is 0 Å². The first kappa shape index (κ1) is 18.5. The molecule has 0 aromatic heterocycles. The molecule has 5 nitrogen and oxygen atoms in total. The normalized spacial score (nSPS) is 13.7. The average molecular weight is 341 g/mol. The Morgan fingerprint density at radius 2 is 1.56 bits per heavy atom. The molecule has 0 unspecified atom stereocenters.